The second kappa shape index (κ2) is 6.47. The highest BCUT2D eigenvalue weighted by molar-refractivity contribution is 9.10. The molecule has 0 fully saturated rings. The largest absolute Gasteiger partial charge is 0.373 e. The van der Waals surface area contributed by atoms with Crippen LogP contribution in [-0.4, -0.2) is 0 Å². The Bertz CT molecular complexity index is 617. The zero-order valence-corrected chi connectivity index (χ0v) is 12.6. The summed E-state index contributed by atoms with van der Waals surface area (Å²) >= 11 is 3.29. The molecule has 2 aromatic rings. The predicted octanol–water partition coefficient (Wildman–Crippen LogP) is 5.57. The Kier molecular flexibility index (Phi) is 4.88. The zero-order chi connectivity index (χ0) is 15.6. The lowest BCUT2D eigenvalue weighted by Crippen LogP contribution is -2.13. The molecule has 0 heterocycles. The van der Waals surface area contributed by atoms with Gasteiger partial charge in [-0.1, -0.05) is 35.0 Å². The fraction of sp³-hybridized carbons (Fsp3) is 0.200. The van der Waals surface area contributed by atoms with E-state index >= 15 is 0 Å². The summed E-state index contributed by atoms with van der Waals surface area (Å²) in [6.45, 7) is 1.80. The quantitative estimate of drug-likeness (QED) is 0.554. The normalized spacial score (nSPS) is 12.3. The first kappa shape index (κ1) is 15.8. The molecule has 2 aromatic carbocycles. The minimum absolute atomic E-state index is 0.191. The van der Waals surface area contributed by atoms with Crippen molar-refractivity contribution in [2.24, 2.45) is 0 Å². The van der Waals surface area contributed by atoms with Crippen molar-refractivity contribution in [3.63, 3.8) is 0 Å². The van der Waals surface area contributed by atoms with Crippen molar-refractivity contribution in [3.05, 3.63) is 63.6 Å². The molecule has 112 valence electrons. The summed E-state index contributed by atoms with van der Waals surface area (Å²) in [6.07, 6.45) is 0.485. The third-order valence-electron chi connectivity index (χ3n) is 3.11. The highest BCUT2D eigenvalue weighted by atomic mass is 79.9. The van der Waals surface area contributed by atoms with Crippen molar-refractivity contribution in [3.8, 4) is 0 Å². The van der Waals surface area contributed by atoms with Crippen molar-refractivity contribution in [1.82, 2.24) is 0 Å². The Hall–Kier alpha value is -1.56. The van der Waals surface area contributed by atoms with Crippen LogP contribution in [0.3, 0.4) is 0 Å². The van der Waals surface area contributed by atoms with Gasteiger partial charge in [0, 0.05) is 10.5 Å². The molecule has 0 saturated carbocycles. The molecule has 0 aromatic heterocycles. The van der Waals surface area contributed by atoms with Crippen LogP contribution in [-0.2, 0) is 0 Å². The van der Waals surface area contributed by atoms with Crippen LogP contribution in [0.4, 0.5) is 23.2 Å². The molecule has 6 heteroatoms. The monoisotopic (exact) mass is 361 g/mol. The summed E-state index contributed by atoms with van der Waals surface area (Å²) in [5.74, 6) is -5.71. The van der Waals surface area contributed by atoms with Crippen molar-refractivity contribution >= 4 is 21.6 Å². The molecule has 1 N–H and O–H groups in total. The van der Waals surface area contributed by atoms with E-state index in [4.69, 9.17) is 0 Å². The molecule has 1 unspecified atom stereocenters. The highest BCUT2D eigenvalue weighted by Crippen LogP contribution is 2.30. The number of halogens is 5. The van der Waals surface area contributed by atoms with E-state index in [1.54, 1.807) is 31.2 Å². The highest BCUT2D eigenvalue weighted by Gasteiger charge is 2.21. The van der Waals surface area contributed by atoms with E-state index in [-0.39, 0.29) is 6.07 Å². The van der Waals surface area contributed by atoms with Crippen molar-refractivity contribution in [2.45, 2.75) is 19.4 Å². The number of hydrogen-bond acceptors (Lipinski definition) is 1. The SMILES string of the molecule is CCC(Nc1c(F)c(F)cc(F)c1F)c1ccc(Br)cc1. The van der Waals surface area contributed by atoms with Gasteiger partial charge < -0.3 is 5.32 Å². The van der Waals surface area contributed by atoms with Gasteiger partial charge in [-0.05, 0) is 24.1 Å². The van der Waals surface area contributed by atoms with Gasteiger partial charge in [0.25, 0.3) is 0 Å². The molecule has 1 atom stereocenters. The lowest BCUT2D eigenvalue weighted by Gasteiger charge is -2.20. The molecule has 21 heavy (non-hydrogen) atoms. The van der Waals surface area contributed by atoms with Gasteiger partial charge in [0.05, 0.1) is 6.04 Å². The molecule has 0 radical (unpaired) electrons. The maximum atomic E-state index is 13.7. The van der Waals surface area contributed by atoms with Gasteiger partial charge in [-0.3, -0.25) is 0 Å². The van der Waals surface area contributed by atoms with Crippen LogP contribution >= 0.6 is 15.9 Å². The second-order valence-electron chi connectivity index (χ2n) is 4.50. The summed E-state index contributed by atoms with van der Waals surface area (Å²) in [6, 6.07) is 6.80. The smallest absolute Gasteiger partial charge is 0.185 e. The Morgan fingerprint density at radius 3 is 2.00 bits per heavy atom. The van der Waals surface area contributed by atoms with Gasteiger partial charge in [-0.15, -0.1) is 0 Å². The molecule has 0 bridgehead atoms. The number of benzene rings is 2. The summed E-state index contributed by atoms with van der Waals surface area (Å²) in [5, 5.41) is 2.54. The molecular weight excluding hydrogens is 350 g/mol. The molecule has 0 amide bonds. The van der Waals surface area contributed by atoms with Gasteiger partial charge in [0.15, 0.2) is 23.3 Å². The van der Waals surface area contributed by atoms with E-state index in [1.165, 1.54) is 0 Å². The average molecular weight is 362 g/mol. The summed E-state index contributed by atoms with van der Waals surface area (Å²) in [5.41, 5.74) is -0.0357. The third-order valence-corrected chi connectivity index (χ3v) is 3.64. The maximum absolute atomic E-state index is 13.7. The van der Waals surface area contributed by atoms with Crippen LogP contribution in [0.1, 0.15) is 24.9 Å². The Labute approximate surface area is 128 Å². The van der Waals surface area contributed by atoms with Gasteiger partial charge in [-0.2, -0.15) is 0 Å². The van der Waals surface area contributed by atoms with Crippen LogP contribution in [0.2, 0.25) is 0 Å². The first-order valence-corrected chi connectivity index (χ1v) is 7.08. The molecule has 1 nitrogen and oxygen atoms in total. The first-order valence-electron chi connectivity index (χ1n) is 6.29. The minimum atomic E-state index is -1.43. The van der Waals surface area contributed by atoms with Crippen LogP contribution in [0.25, 0.3) is 0 Å². The third kappa shape index (κ3) is 3.37. The standard InChI is InChI=1S/C15H12BrF4N/c1-2-12(8-3-5-9(16)6-4-8)21-15-13(19)10(17)7-11(18)14(15)20/h3-7,12,21H,2H2,1H3. The van der Waals surface area contributed by atoms with Gasteiger partial charge in [0.2, 0.25) is 0 Å². The van der Waals surface area contributed by atoms with E-state index in [0.29, 0.717) is 6.42 Å². The van der Waals surface area contributed by atoms with E-state index in [9.17, 15) is 17.6 Å². The van der Waals surface area contributed by atoms with Crippen LogP contribution < -0.4 is 5.32 Å². The lowest BCUT2D eigenvalue weighted by atomic mass is 10.0. The second-order valence-corrected chi connectivity index (χ2v) is 5.42. The predicted molar refractivity (Wildman–Crippen MR) is 77.1 cm³/mol. The Morgan fingerprint density at radius 1 is 1.00 bits per heavy atom. The number of hydrogen-bond donors (Lipinski definition) is 1. The fourth-order valence-electron chi connectivity index (χ4n) is 1.99. The molecule has 0 saturated heterocycles. The van der Waals surface area contributed by atoms with Crippen LogP contribution in [0.15, 0.2) is 34.8 Å². The van der Waals surface area contributed by atoms with E-state index < -0.39 is 35.0 Å². The topological polar surface area (TPSA) is 12.0 Å². The number of anilines is 1. The summed E-state index contributed by atoms with van der Waals surface area (Å²) in [4.78, 5) is 0. The summed E-state index contributed by atoms with van der Waals surface area (Å²) in [7, 11) is 0. The molecule has 0 spiro atoms. The first-order chi connectivity index (χ1) is 9.93. The molecule has 0 aliphatic carbocycles. The van der Waals surface area contributed by atoms with E-state index in [1.807, 2.05) is 0 Å². The molecule has 0 aliphatic rings. The van der Waals surface area contributed by atoms with Gasteiger partial charge in [-0.25, -0.2) is 17.6 Å². The van der Waals surface area contributed by atoms with Crippen LogP contribution in [0.5, 0.6) is 0 Å². The van der Waals surface area contributed by atoms with Gasteiger partial charge >= 0.3 is 0 Å². The Morgan fingerprint density at radius 2 is 1.52 bits per heavy atom. The van der Waals surface area contributed by atoms with Crippen molar-refractivity contribution in [2.75, 3.05) is 5.32 Å². The summed E-state index contributed by atoms with van der Waals surface area (Å²) < 4.78 is 54.6. The molecular formula is C15H12BrF4N. The zero-order valence-electron chi connectivity index (χ0n) is 11.1. The number of rotatable bonds is 4. The van der Waals surface area contributed by atoms with Gasteiger partial charge in [0.1, 0.15) is 5.69 Å². The lowest BCUT2D eigenvalue weighted by molar-refractivity contribution is 0.456. The minimum Gasteiger partial charge on any atom is -0.373 e. The number of nitrogens with one attached hydrogen (secondary N) is 1. The fourth-order valence-corrected chi connectivity index (χ4v) is 2.25. The van der Waals surface area contributed by atoms with E-state index in [0.717, 1.165) is 10.0 Å². The Balaban J connectivity index is 2.37. The van der Waals surface area contributed by atoms with Crippen molar-refractivity contribution in [1.29, 1.82) is 0 Å². The van der Waals surface area contributed by atoms with Crippen LogP contribution in [0, 0.1) is 23.3 Å². The average Bonchev–Trinajstić information content (AvgIpc) is 2.47. The molecule has 2 rings (SSSR count). The maximum Gasteiger partial charge on any atom is 0.185 e. The van der Waals surface area contributed by atoms with Crippen molar-refractivity contribution < 1.29 is 17.6 Å². The van der Waals surface area contributed by atoms with E-state index in [2.05, 4.69) is 21.2 Å². The molecule has 0 aliphatic heterocycles.